The van der Waals surface area contributed by atoms with Crippen molar-refractivity contribution >= 4 is 11.8 Å². The second-order valence-corrected chi connectivity index (χ2v) is 6.09. The van der Waals surface area contributed by atoms with Crippen molar-refractivity contribution in [3.63, 3.8) is 0 Å². The van der Waals surface area contributed by atoms with Crippen LogP contribution in [0.15, 0.2) is 30.3 Å². The number of carbonyl (C=O) groups excluding carboxylic acids is 2. The SMILES string of the molecule is CCCCCCCCCCNC(=O)C(C(=O)NO)c1ccccc1. The maximum Gasteiger partial charge on any atom is 0.260 e. The van der Waals surface area contributed by atoms with Gasteiger partial charge < -0.3 is 5.32 Å². The lowest BCUT2D eigenvalue weighted by atomic mass is 9.97. The second-order valence-electron chi connectivity index (χ2n) is 6.09. The molecule has 0 aliphatic carbocycles. The minimum absolute atomic E-state index is 0.379. The highest BCUT2D eigenvalue weighted by atomic mass is 16.5. The molecule has 5 nitrogen and oxygen atoms in total. The molecule has 0 aromatic heterocycles. The van der Waals surface area contributed by atoms with Gasteiger partial charge in [-0.15, -0.1) is 0 Å². The lowest BCUT2D eigenvalue weighted by Crippen LogP contribution is -2.39. The van der Waals surface area contributed by atoms with E-state index >= 15 is 0 Å². The van der Waals surface area contributed by atoms with Gasteiger partial charge in [0.25, 0.3) is 5.91 Å². The zero-order valence-electron chi connectivity index (χ0n) is 14.6. The fourth-order valence-corrected chi connectivity index (χ4v) is 2.70. The predicted molar refractivity (Wildman–Crippen MR) is 94.7 cm³/mol. The van der Waals surface area contributed by atoms with Crippen molar-refractivity contribution in [1.29, 1.82) is 0 Å². The van der Waals surface area contributed by atoms with Crippen LogP contribution < -0.4 is 10.8 Å². The van der Waals surface area contributed by atoms with Crippen molar-refractivity contribution in [2.24, 2.45) is 0 Å². The van der Waals surface area contributed by atoms with E-state index in [1.807, 2.05) is 6.07 Å². The summed E-state index contributed by atoms with van der Waals surface area (Å²) >= 11 is 0. The zero-order chi connectivity index (χ0) is 17.6. The van der Waals surface area contributed by atoms with Gasteiger partial charge in [0, 0.05) is 6.54 Å². The van der Waals surface area contributed by atoms with Crippen molar-refractivity contribution in [3.8, 4) is 0 Å². The fourth-order valence-electron chi connectivity index (χ4n) is 2.70. The highest BCUT2D eigenvalue weighted by molar-refractivity contribution is 6.05. The fraction of sp³-hybridized carbons (Fsp3) is 0.579. The van der Waals surface area contributed by atoms with E-state index in [-0.39, 0.29) is 5.91 Å². The first-order valence-electron chi connectivity index (χ1n) is 8.97. The Morgan fingerprint density at radius 1 is 0.917 bits per heavy atom. The van der Waals surface area contributed by atoms with Gasteiger partial charge in [-0.3, -0.25) is 14.8 Å². The third-order valence-electron chi connectivity index (χ3n) is 4.10. The van der Waals surface area contributed by atoms with Crippen LogP contribution in [0.2, 0.25) is 0 Å². The Hall–Kier alpha value is -1.88. The van der Waals surface area contributed by atoms with Gasteiger partial charge in [-0.1, -0.05) is 82.2 Å². The summed E-state index contributed by atoms with van der Waals surface area (Å²) in [6, 6.07) is 8.75. The predicted octanol–water partition coefficient (Wildman–Crippen LogP) is 3.53. The quantitative estimate of drug-likeness (QED) is 0.237. The summed E-state index contributed by atoms with van der Waals surface area (Å²) in [7, 11) is 0. The minimum Gasteiger partial charge on any atom is -0.355 e. The monoisotopic (exact) mass is 334 g/mol. The number of amides is 2. The number of carbonyl (C=O) groups is 2. The Kier molecular flexibility index (Phi) is 10.5. The van der Waals surface area contributed by atoms with Gasteiger partial charge in [0.2, 0.25) is 5.91 Å². The Balaban J connectivity index is 2.30. The Labute approximate surface area is 144 Å². The van der Waals surface area contributed by atoms with Gasteiger partial charge in [0.1, 0.15) is 5.92 Å². The van der Waals surface area contributed by atoms with Gasteiger partial charge in [0.15, 0.2) is 0 Å². The summed E-state index contributed by atoms with van der Waals surface area (Å²) < 4.78 is 0. The van der Waals surface area contributed by atoms with Crippen molar-refractivity contribution in [2.75, 3.05) is 6.54 Å². The van der Waals surface area contributed by atoms with Gasteiger partial charge >= 0.3 is 0 Å². The first-order valence-corrected chi connectivity index (χ1v) is 8.97. The molecule has 0 heterocycles. The number of benzene rings is 1. The van der Waals surface area contributed by atoms with Gasteiger partial charge in [0.05, 0.1) is 0 Å². The molecule has 1 unspecified atom stereocenters. The topological polar surface area (TPSA) is 78.4 Å². The molecule has 0 saturated carbocycles. The third kappa shape index (κ3) is 7.59. The molecule has 3 N–H and O–H groups in total. The largest absolute Gasteiger partial charge is 0.355 e. The molecule has 0 aliphatic rings. The van der Waals surface area contributed by atoms with Crippen LogP contribution in [0.1, 0.15) is 69.8 Å². The molecular weight excluding hydrogens is 304 g/mol. The van der Waals surface area contributed by atoms with Crippen LogP contribution in [0.25, 0.3) is 0 Å². The summed E-state index contributed by atoms with van der Waals surface area (Å²) in [6.45, 7) is 2.76. The van der Waals surface area contributed by atoms with E-state index in [2.05, 4.69) is 12.2 Å². The number of hydrogen-bond donors (Lipinski definition) is 3. The highest BCUT2D eigenvalue weighted by Crippen LogP contribution is 2.16. The molecule has 0 spiro atoms. The second kappa shape index (κ2) is 12.5. The first-order chi connectivity index (χ1) is 11.7. The first kappa shape index (κ1) is 20.2. The van der Waals surface area contributed by atoms with E-state index in [1.165, 1.54) is 38.5 Å². The van der Waals surface area contributed by atoms with Crippen LogP contribution in [0, 0.1) is 0 Å². The smallest absolute Gasteiger partial charge is 0.260 e. The zero-order valence-corrected chi connectivity index (χ0v) is 14.6. The minimum atomic E-state index is -1.02. The number of nitrogens with one attached hydrogen (secondary N) is 2. The maximum atomic E-state index is 12.3. The average Bonchev–Trinajstić information content (AvgIpc) is 2.61. The maximum absolute atomic E-state index is 12.3. The van der Waals surface area contributed by atoms with Crippen molar-refractivity contribution in [2.45, 2.75) is 64.2 Å². The van der Waals surface area contributed by atoms with Gasteiger partial charge in [-0.25, -0.2) is 5.48 Å². The number of rotatable bonds is 12. The molecule has 24 heavy (non-hydrogen) atoms. The number of hydroxylamine groups is 1. The summed E-state index contributed by atoms with van der Waals surface area (Å²) in [6.07, 6.45) is 9.57. The summed E-state index contributed by atoms with van der Waals surface area (Å²) in [5, 5.41) is 11.7. The highest BCUT2D eigenvalue weighted by Gasteiger charge is 2.27. The Bertz CT molecular complexity index is 477. The Morgan fingerprint density at radius 2 is 1.50 bits per heavy atom. The van der Waals surface area contributed by atoms with Crippen molar-refractivity contribution in [1.82, 2.24) is 10.8 Å². The van der Waals surface area contributed by atoms with Crippen LogP contribution in [0.5, 0.6) is 0 Å². The van der Waals surface area contributed by atoms with E-state index in [0.29, 0.717) is 12.1 Å². The van der Waals surface area contributed by atoms with Crippen LogP contribution in [-0.4, -0.2) is 23.6 Å². The Morgan fingerprint density at radius 3 is 2.08 bits per heavy atom. The van der Waals surface area contributed by atoms with Crippen LogP contribution in [0.4, 0.5) is 0 Å². The molecule has 5 heteroatoms. The number of unbranched alkanes of at least 4 members (excludes halogenated alkanes) is 7. The van der Waals surface area contributed by atoms with E-state index in [4.69, 9.17) is 5.21 Å². The third-order valence-corrected chi connectivity index (χ3v) is 4.10. The van der Waals surface area contributed by atoms with E-state index in [0.717, 1.165) is 12.8 Å². The summed E-state index contributed by atoms with van der Waals surface area (Å²) in [5.41, 5.74) is 2.15. The molecular formula is C19H30N2O3. The average molecular weight is 334 g/mol. The molecule has 2 amide bonds. The molecule has 0 aliphatic heterocycles. The normalized spacial score (nSPS) is 11.8. The lowest BCUT2D eigenvalue weighted by molar-refractivity contribution is -0.137. The molecule has 0 fully saturated rings. The number of hydrogen-bond acceptors (Lipinski definition) is 3. The molecule has 0 bridgehead atoms. The van der Waals surface area contributed by atoms with Crippen LogP contribution in [-0.2, 0) is 9.59 Å². The lowest BCUT2D eigenvalue weighted by Gasteiger charge is -2.15. The van der Waals surface area contributed by atoms with Crippen molar-refractivity contribution in [3.05, 3.63) is 35.9 Å². The summed E-state index contributed by atoms with van der Waals surface area (Å²) in [5.74, 6) is -2.12. The van der Waals surface area contributed by atoms with Gasteiger partial charge in [-0.05, 0) is 12.0 Å². The molecule has 1 aromatic carbocycles. The molecule has 0 saturated heterocycles. The summed E-state index contributed by atoms with van der Waals surface area (Å²) in [4.78, 5) is 24.1. The van der Waals surface area contributed by atoms with E-state index in [9.17, 15) is 9.59 Å². The van der Waals surface area contributed by atoms with Gasteiger partial charge in [-0.2, -0.15) is 0 Å². The van der Waals surface area contributed by atoms with E-state index in [1.54, 1.807) is 29.7 Å². The van der Waals surface area contributed by atoms with Crippen LogP contribution in [0.3, 0.4) is 0 Å². The molecule has 134 valence electrons. The van der Waals surface area contributed by atoms with E-state index < -0.39 is 11.8 Å². The van der Waals surface area contributed by atoms with Crippen LogP contribution >= 0.6 is 0 Å². The molecule has 1 atom stereocenters. The van der Waals surface area contributed by atoms with Crippen molar-refractivity contribution < 1.29 is 14.8 Å². The molecule has 0 radical (unpaired) electrons. The molecule has 1 rings (SSSR count). The standard InChI is InChI=1S/C19H30N2O3/c1-2-3-4-5-6-7-8-12-15-20-18(22)17(19(23)21-24)16-13-10-9-11-14-16/h9-11,13-14,17,24H,2-8,12,15H2,1H3,(H,20,22)(H,21,23). The molecule has 1 aromatic rings.